The van der Waals surface area contributed by atoms with Crippen molar-refractivity contribution in [2.24, 2.45) is 5.92 Å². The Hall–Kier alpha value is -0.170. The fraction of sp³-hybridized carbons (Fsp3) is 1.00. The van der Waals surface area contributed by atoms with Crippen LogP contribution in [0.4, 0.5) is 0 Å². The maximum absolute atomic E-state index is 10.9. The van der Waals surface area contributed by atoms with E-state index < -0.39 is 10.0 Å². The third-order valence-electron chi connectivity index (χ3n) is 3.30. The van der Waals surface area contributed by atoms with E-state index in [1.54, 1.807) is 0 Å². The molecule has 0 unspecified atom stereocenters. The lowest BCUT2D eigenvalue weighted by Crippen LogP contribution is -2.39. The minimum Gasteiger partial charge on any atom is -0.320 e. The highest BCUT2D eigenvalue weighted by molar-refractivity contribution is 7.88. The maximum atomic E-state index is 10.9. The van der Waals surface area contributed by atoms with Crippen LogP contribution < -0.4 is 10.0 Å². The van der Waals surface area contributed by atoms with Gasteiger partial charge >= 0.3 is 0 Å². The van der Waals surface area contributed by atoms with Crippen LogP contribution in [-0.2, 0) is 10.0 Å². The molecule has 102 valence electrons. The van der Waals surface area contributed by atoms with Crippen LogP contribution in [0.25, 0.3) is 0 Å². The van der Waals surface area contributed by atoms with Gasteiger partial charge in [-0.1, -0.05) is 0 Å². The monoisotopic (exact) mass is 263 g/mol. The first-order chi connectivity index (χ1) is 8.01. The number of likely N-dealkylation sites (tertiary alicyclic amines) is 1. The topological polar surface area (TPSA) is 61.4 Å². The van der Waals surface area contributed by atoms with Crippen molar-refractivity contribution in [2.75, 3.05) is 46.0 Å². The van der Waals surface area contributed by atoms with E-state index in [2.05, 4.69) is 14.9 Å². The minimum absolute atomic E-state index is 0.528. The molecule has 0 saturated carbocycles. The van der Waals surface area contributed by atoms with Crippen molar-refractivity contribution < 1.29 is 8.42 Å². The second-order valence-electron chi connectivity index (χ2n) is 4.84. The van der Waals surface area contributed by atoms with Gasteiger partial charge in [-0.25, -0.2) is 13.1 Å². The van der Waals surface area contributed by atoms with Crippen molar-refractivity contribution in [1.29, 1.82) is 0 Å². The zero-order valence-electron chi connectivity index (χ0n) is 10.9. The summed E-state index contributed by atoms with van der Waals surface area (Å²) in [6, 6.07) is 0. The molecule has 1 aliphatic rings. The van der Waals surface area contributed by atoms with Crippen molar-refractivity contribution in [3.63, 3.8) is 0 Å². The molecule has 2 N–H and O–H groups in total. The average Bonchev–Trinajstić information content (AvgIpc) is 2.26. The third-order valence-corrected chi connectivity index (χ3v) is 4.03. The van der Waals surface area contributed by atoms with Gasteiger partial charge in [0.25, 0.3) is 0 Å². The molecule has 6 heteroatoms. The number of hydrogen-bond donors (Lipinski definition) is 2. The normalized spacial score (nSPS) is 19.6. The molecular weight excluding hydrogens is 238 g/mol. The lowest BCUT2D eigenvalue weighted by atomic mass is 9.93. The van der Waals surface area contributed by atoms with Crippen LogP contribution in [0.3, 0.4) is 0 Å². The molecule has 0 aromatic carbocycles. The highest BCUT2D eigenvalue weighted by atomic mass is 32.2. The molecule has 0 aliphatic carbocycles. The number of hydrogen-bond acceptors (Lipinski definition) is 4. The van der Waals surface area contributed by atoms with Gasteiger partial charge in [0.05, 0.1) is 6.26 Å². The Bertz CT molecular complexity index is 298. The van der Waals surface area contributed by atoms with E-state index in [1.807, 2.05) is 7.05 Å². The van der Waals surface area contributed by atoms with Crippen LogP contribution in [0.2, 0.25) is 0 Å². The molecule has 0 bridgehead atoms. The van der Waals surface area contributed by atoms with Gasteiger partial charge in [0, 0.05) is 13.1 Å². The third kappa shape index (κ3) is 6.98. The first-order valence-electron chi connectivity index (χ1n) is 6.33. The number of rotatable bonds is 7. The first-order valence-corrected chi connectivity index (χ1v) is 8.22. The molecule has 1 rings (SSSR count). The van der Waals surface area contributed by atoms with Gasteiger partial charge in [0.1, 0.15) is 0 Å². The summed E-state index contributed by atoms with van der Waals surface area (Å²) in [6.07, 6.45) is 4.93. The van der Waals surface area contributed by atoms with Gasteiger partial charge in [-0.3, -0.25) is 0 Å². The fourth-order valence-electron chi connectivity index (χ4n) is 2.24. The summed E-state index contributed by atoms with van der Waals surface area (Å²) in [6.45, 7) is 4.64. The van der Waals surface area contributed by atoms with Gasteiger partial charge in [-0.05, 0) is 51.9 Å². The molecule has 17 heavy (non-hydrogen) atoms. The van der Waals surface area contributed by atoms with Crippen molar-refractivity contribution in [3.8, 4) is 0 Å². The molecule has 0 aromatic heterocycles. The molecule has 0 radical (unpaired) electrons. The lowest BCUT2D eigenvalue weighted by Gasteiger charge is -2.31. The van der Waals surface area contributed by atoms with Gasteiger partial charge in [-0.2, -0.15) is 0 Å². The summed E-state index contributed by atoms with van der Waals surface area (Å²) in [5, 5.41) is 3.19. The summed E-state index contributed by atoms with van der Waals surface area (Å²) in [4.78, 5) is 2.34. The highest BCUT2D eigenvalue weighted by Crippen LogP contribution is 2.19. The summed E-state index contributed by atoms with van der Waals surface area (Å²) in [5.74, 6) is 0.835. The molecule has 1 saturated heterocycles. The number of piperidine rings is 1. The zero-order chi connectivity index (χ0) is 12.7. The minimum atomic E-state index is -3.03. The van der Waals surface area contributed by atoms with Crippen LogP contribution in [-0.4, -0.2) is 59.3 Å². The quantitative estimate of drug-likeness (QED) is 0.671. The molecule has 0 atom stereocenters. The summed E-state index contributed by atoms with van der Waals surface area (Å²) < 4.78 is 24.3. The number of sulfonamides is 1. The van der Waals surface area contributed by atoms with Crippen molar-refractivity contribution in [1.82, 2.24) is 14.9 Å². The Labute approximate surface area is 105 Å². The molecule has 1 fully saturated rings. The van der Waals surface area contributed by atoms with Gasteiger partial charge < -0.3 is 10.2 Å². The van der Waals surface area contributed by atoms with Crippen molar-refractivity contribution in [3.05, 3.63) is 0 Å². The Kier molecular flexibility index (Phi) is 6.40. The summed E-state index contributed by atoms with van der Waals surface area (Å²) in [5.41, 5.74) is 0. The molecule has 5 nitrogen and oxygen atoms in total. The van der Waals surface area contributed by atoms with Crippen LogP contribution >= 0.6 is 0 Å². The first kappa shape index (κ1) is 14.9. The highest BCUT2D eigenvalue weighted by Gasteiger charge is 2.18. The summed E-state index contributed by atoms with van der Waals surface area (Å²) >= 11 is 0. The van der Waals surface area contributed by atoms with Gasteiger partial charge in [0.2, 0.25) is 10.0 Å². The van der Waals surface area contributed by atoms with E-state index in [4.69, 9.17) is 0 Å². The van der Waals surface area contributed by atoms with Gasteiger partial charge in [0.15, 0.2) is 0 Å². The predicted octanol–water partition coefficient (Wildman–Crippen LogP) is -0.143. The molecule has 1 heterocycles. The summed E-state index contributed by atoms with van der Waals surface area (Å²) in [7, 11) is -1.04. The van der Waals surface area contributed by atoms with E-state index in [0.717, 1.165) is 32.1 Å². The smallest absolute Gasteiger partial charge is 0.208 e. The van der Waals surface area contributed by atoms with Gasteiger partial charge in [-0.15, -0.1) is 0 Å². The van der Waals surface area contributed by atoms with Crippen LogP contribution in [0, 0.1) is 5.92 Å². The average molecular weight is 263 g/mol. The Morgan fingerprint density at radius 2 is 1.88 bits per heavy atom. The predicted molar refractivity (Wildman–Crippen MR) is 70.6 cm³/mol. The molecule has 0 amide bonds. The number of nitrogens with zero attached hydrogens (tertiary/aromatic N) is 1. The molecule has 1 aliphatic heterocycles. The molecule has 0 aromatic rings. The lowest BCUT2D eigenvalue weighted by molar-refractivity contribution is 0.182. The van der Waals surface area contributed by atoms with Crippen LogP contribution in [0.1, 0.15) is 19.3 Å². The van der Waals surface area contributed by atoms with E-state index in [1.165, 1.54) is 25.5 Å². The SMILES string of the molecule is CNCCC1CCN(CCNS(C)(=O)=O)CC1. The van der Waals surface area contributed by atoms with E-state index in [0.29, 0.717) is 6.54 Å². The van der Waals surface area contributed by atoms with Crippen molar-refractivity contribution in [2.45, 2.75) is 19.3 Å². The van der Waals surface area contributed by atoms with Crippen molar-refractivity contribution >= 4 is 10.0 Å². The Morgan fingerprint density at radius 3 is 2.41 bits per heavy atom. The van der Waals surface area contributed by atoms with E-state index in [9.17, 15) is 8.42 Å². The second kappa shape index (κ2) is 7.31. The maximum Gasteiger partial charge on any atom is 0.208 e. The molecular formula is C11H25N3O2S. The van der Waals surface area contributed by atoms with E-state index >= 15 is 0 Å². The van der Waals surface area contributed by atoms with Crippen LogP contribution in [0.15, 0.2) is 0 Å². The standard InChI is InChI=1S/C11H25N3O2S/c1-12-6-3-11-4-8-14(9-5-11)10-7-13-17(2,15)16/h11-13H,3-10H2,1-2H3. The Balaban J connectivity index is 2.11. The van der Waals surface area contributed by atoms with E-state index in [-0.39, 0.29) is 0 Å². The zero-order valence-corrected chi connectivity index (χ0v) is 11.7. The fourth-order valence-corrected chi connectivity index (χ4v) is 2.70. The number of nitrogens with one attached hydrogen (secondary N) is 2. The largest absolute Gasteiger partial charge is 0.320 e. The van der Waals surface area contributed by atoms with Crippen LogP contribution in [0.5, 0.6) is 0 Å². The molecule has 0 spiro atoms. The Morgan fingerprint density at radius 1 is 1.24 bits per heavy atom. The second-order valence-corrected chi connectivity index (χ2v) is 6.68.